The molecule has 3 aromatic rings. The van der Waals surface area contributed by atoms with Crippen molar-refractivity contribution in [2.24, 2.45) is 0 Å². The first-order valence-corrected chi connectivity index (χ1v) is 9.73. The third-order valence-electron chi connectivity index (χ3n) is 5.63. The van der Waals surface area contributed by atoms with Gasteiger partial charge in [-0.1, -0.05) is 54.6 Å². The Hall–Kier alpha value is -2.34. The van der Waals surface area contributed by atoms with Crippen LogP contribution in [0.4, 0.5) is 0 Å². The van der Waals surface area contributed by atoms with Gasteiger partial charge in [-0.05, 0) is 112 Å². The topological polar surface area (TPSA) is 0 Å². The van der Waals surface area contributed by atoms with Crippen molar-refractivity contribution in [3.8, 4) is 0 Å². The van der Waals surface area contributed by atoms with Gasteiger partial charge in [0.2, 0.25) is 0 Å². The van der Waals surface area contributed by atoms with Gasteiger partial charge in [-0.15, -0.1) is 0 Å². The second-order valence-corrected chi connectivity index (χ2v) is 7.55. The molecule has 0 N–H and O–H groups in total. The van der Waals surface area contributed by atoms with E-state index in [2.05, 4.69) is 117 Å². The van der Waals surface area contributed by atoms with Crippen molar-refractivity contribution >= 4 is 0 Å². The molecule has 0 spiro atoms. The summed E-state index contributed by atoms with van der Waals surface area (Å²) in [4.78, 5) is 0. The predicted molar refractivity (Wildman–Crippen MR) is 122 cm³/mol. The first-order chi connectivity index (χ1) is 12.6. The smallest absolute Gasteiger partial charge is 0.0392 e. The molecular weight excluding hydrogens is 324 g/mol. The van der Waals surface area contributed by atoms with Crippen LogP contribution in [0.25, 0.3) is 0 Å². The van der Waals surface area contributed by atoms with Crippen molar-refractivity contribution < 1.29 is 0 Å². The van der Waals surface area contributed by atoms with Gasteiger partial charge in [0.15, 0.2) is 0 Å². The first-order valence-electron chi connectivity index (χ1n) is 9.73. The van der Waals surface area contributed by atoms with Crippen molar-refractivity contribution in [1.29, 1.82) is 0 Å². The molecule has 0 nitrogen and oxygen atoms in total. The van der Waals surface area contributed by atoms with Crippen molar-refractivity contribution in [2.75, 3.05) is 0 Å². The van der Waals surface area contributed by atoms with Gasteiger partial charge in [-0.3, -0.25) is 0 Å². The molecule has 0 heterocycles. The SMILES string of the molecule is Cc1ccc(C)c(C)c1C.Cc1cccc(C)c1C.Cc1ccccc1C. The zero-order valence-corrected chi connectivity index (χ0v) is 18.7. The summed E-state index contributed by atoms with van der Waals surface area (Å²) in [5.41, 5.74) is 12.6. The zero-order valence-electron chi connectivity index (χ0n) is 18.7. The van der Waals surface area contributed by atoms with Crippen molar-refractivity contribution in [3.63, 3.8) is 0 Å². The molecule has 0 saturated carbocycles. The third-order valence-corrected chi connectivity index (χ3v) is 5.63. The summed E-state index contributed by atoms with van der Waals surface area (Å²) in [6.07, 6.45) is 0. The summed E-state index contributed by atoms with van der Waals surface area (Å²) in [5, 5.41) is 0. The highest BCUT2D eigenvalue weighted by atomic mass is 14.0. The molecule has 0 atom stereocenters. The summed E-state index contributed by atoms with van der Waals surface area (Å²) in [6, 6.07) is 19.1. The van der Waals surface area contributed by atoms with E-state index in [9.17, 15) is 0 Å². The minimum absolute atomic E-state index is 1.37. The quantitative estimate of drug-likeness (QED) is 0.383. The molecule has 3 aromatic carbocycles. The number of rotatable bonds is 0. The summed E-state index contributed by atoms with van der Waals surface area (Å²) >= 11 is 0. The van der Waals surface area contributed by atoms with Gasteiger partial charge in [0.05, 0.1) is 0 Å². The van der Waals surface area contributed by atoms with Gasteiger partial charge in [0.25, 0.3) is 0 Å². The standard InChI is InChI=1S/C10H14.C9H12.C8H10/c1-7-5-6-8(2)10(4)9(7)3;1-7-5-4-6-8(2)9(7)3;1-7-5-3-4-6-8(7)2/h5-6H,1-4H3;4-6H,1-3H3;3-6H,1-2H3. The van der Waals surface area contributed by atoms with Crippen molar-refractivity contribution in [1.82, 2.24) is 0 Å². The molecule has 0 fully saturated rings. The lowest BCUT2D eigenvalue weighted by Gasteiger charge is -2.06. The van der Waals surface area contributed by atoms with Crippen LogP contribution in [0, 0.1) is 62.3 Å². The Morgan fingerprint density at radius 1 is 0.296 bits per heavy atom. The Morgan fingerprint density at radius 3 is 0.889 bits per heavy atom. The molecule has 0 aliphatic heterocycles. The zero-order chi connectivity index (χ0) is 20.6. The van der Waals surface area contributed by atoms with Crippen LogP contribution in [0.2, 0.25) is 0 Å². The monoisotopic (exact) mass is 360 g/mol. The van der Waals surface area contributed by atoms with Crippen LogP contribution in [0.1, 0.15) is 50.1 Å². The second kappa shape index (κ2) is 10.7. The van der Waals surface area contributed by atoms with Gasteiger partial charge < -0.3 is 0 Å². The van der Waals surface area contributed by atoms with E-state index in [0.29, 0.717) is 0 Å². The largest absolute Gasteiger partial charge is 0.0620 e. The fourth-order valence-electron chi connectivity index (χ4n) is 2.65. The van der Waals surface area contributed by atoms with Gasteiger partial charge in [0.1, 0.15) is 0 Å². The predicted octanol–water partition coefficient (Wildman–Crippen LogP) is 7.84. The van der Waals surface area contributed by atoms with E-state index in [1.807, 2.05) is 0 Å². The molecule has 3 rings (SSSR count). The second-order valence-electron chi connectivity index (χ2n) is 7.55. The Balaban J connectivity index is 0.000000204. The highest BCUT2D eigenvalue weighted by Crippen LogP contribution is 2.15. The molecule has 0 heteroatoms. The maximum absolute atomic E-state index is 2.18. The summed E-state index contributed by atoms with van der Waals surface area (Å²) in [7, 11) is 0. The molecule has 27 heavy (non-hydrogen) atoms. The molecule has 0 aromatic heterocycles. The molecule has 0 aliphatic carbocycles. The fraction of sp³-hybridized carbons (Fsp3) is 0.333. The highest BCUT2D eigenvalue weighted by Gasteiger charge is 1.97. The fourth-order valence-corrected chi connectivity index (χ4v) is 2.65. The Labute approximate surface area is 167 Å². The van der Waals surface area contributed by atoms with E-state index in [-0.39, 0.29) is 0 Å². The summed E-state index contributed by atoms with van der Waals surface area (Å²) in [6.45, 7) is 19.3. The van der Waals surface area contributed by atoms with Gasteiger partial charge in [-0.2, -0.15) is 0 Å². The average Bonchev–Trinajstić information content (AvgIpc) is 2.65. The normalized spacial score (nSPS) is 9.67. The van der Waals surface area contributed by atoms with Gasteiger partial charge in [0, 0.05) is 0 Å². The lowest BCUT2D eigenvalue weighted by Crippen LogP contribution is -1.88. The maximum Gasteiger partial charge on any atom is -0.0392 e. The van der Waals surface area contributed by atoms with Crippen LogP contribution in [-0.4, -0.2) is 0 Å². The van der Waals surface area contributed by atoms with Crippen LogP contribution in [-0.2, 0) is 0 Å². The third kappa shape index (κ3) is 7.06. The van der Waals surface area contributed by atoms with Crippen LogP contribution < -0.4 is 0 Å². The molecule has 0 unspecified atom stereocenters. The minimum atomic E-state index is 1.37. The van der Waals surface area contributed by atoms with Crippen LogP contribution in [0.5, 0.6) is 0 Å². The maximum atomic E-state index is 2.18. The average molecular weight is 361 g/mol. The van der Waals surface area contributed by atoms with E-state index in [4.69, 9.17) is 0 Å². The van der Waals surface area contributed by atoms with E-state index >= 15 is 0 Å². The molecule has 0 radical (unpaired) electrons. The molecular formula is C27H36. The van der Waals surface area contributed by atoms with E-state index in [0.717, 1.165) is 0 Å². The molecule has 0 saturated heterocycles. The molecule has 144 valence electrons. The van der Waals surface area contributed by atoms with Gasteiger partial charge in [-0.25, -0.2) is 0 Å². The molecule has 0 aliphatic rings. The Morgan fingerprint density at radius 2 is 0.593 bits per heavy atom. The van der Waals surface area contributed by atoms with Crippen LogP contribution in [0.3, 0.4) is 0 Å². The highest BCUT2D eigenvalue weighted by molar-refractivity contribution is 5.37. The first kappa shape index (κ1) is 22.7. The number of aryl methyl sites for hydroxylation is 6. The molecule has 0 amide bonds. The number of hydrogen-bond donors (Lipinski definition) is 0. The van der Waals surface area contributed by atoms with Crippen molar-refractivity contribution in [2.45, 2.75) is 62.3 Å². The van der Waals surface area contributed by atoms with E-state index < -0.39 is 0 Å². The van der Waals surface area contributed by atoms with Crippen LogP contribution in [0.15, 0.2) is 54.6 Å². The number of benzene rings is 3. The summed E-state index contributed by atoms with van der Waals surface area (Å²) < 4.78 is 0. The van der Waals surface area contributed by atoms with E-state index in [1.165, 1.54) is 50.1 Å². The van der Waals surface area contributed by atoms with Crippen molar-refractivity contribution in [3.05, 3.63) is 105 Å². The van der Waals surface area contributed by atoms with Gasteiger partial charge >= 0.3 is 0 Å². The number of hydrogen-bond acceptors (Lipinski definition) is 0. The lowest BCUT2D eigenvalue weighted by atomic mass is 10.0. The van der Waals surface area contributed by atoms with Crippen LogP contribution >= 0.6 is 0 Å². The molecule has 0 bridgehead atoms. The Kier molecular flexibility index (Phi) is 9.02. The summed E-state index contributed by atoms with van der Waals surface area (Å²) in [5.74, 6) is 0. The minimum Gasteiger partial charge on any atom is -0.0620 e. The lowest BCUT2D eigenvalue weighted by molar-refractivity contribution is 1.22. The Bertz CT molecular complexity index is 801. The van der Waals surface area contributed by atoms with E-state index in [1.54, 1.807) is 0 Å².